The number of fused-ring (bicyclic) bond motifs is 1. The average molecular weight is 357 g/mol. The standard InChI is InChI=1S/C18H27N7O/c1-13(2)25-16(26)11-23(12-18(25,3)4)17(19-5)20-10-15-22-21-14-8-6-7-9-24(14)15/h6-9,13H,10-12H2,1-5H3,(H,19,20). The van der Waals surface area contributed by atoms with Crippen LogP contribution in [-0.4, -0.2) is 68.0 Å². The van der Waals surface area contributed by atoms with Gasteiger partial charge >= 0.3 is 0 Å². The maximum Gasteiger partial charge on any atom is 0.242 e. The molecule has 1 saturated heterocycles. The van der Waals surface area contributed by atoms with Gasteiger partial charge in [0.25, 0.3) is 0 Å². The summed E-state index contributed by atoms with van der Waals surface area (Å²) in [5.74, 6) is 1.61. The number of nitrogens with zero attached hydrogens (tertiary/aromatic N) is 6. The number of piperazine rings is 1. The summed E-state index contributed by atoms with van der Waals surface area (Å²) >= 11 is 0. The van der Waals surface area contributed by atoms with Crippen molar-refractivity contribution in [3.63, 3.8) is 0 Å². The Bertz CT molecular complexity index is 824. The second-order valence-electron chi connectivity index (χ2n) is 7.47. The van der Waals surface area contributed by atoms with E-state index in [0.717, 1.165) is 18.0 Å². The first-order valence-electron chi connectivity index (χ1n) is 8.90. The van der Waals surface area contributed by atoms with E-state index in [1.165, 1.54) is 0 Å². The van der Waals surface area contributed by atoms with Gasteiger partial charge in [-0.15, -0.1) is 10.2 Å². The number of hydrogen-bond acceptors (Lipinski definition) is 4. The Morgan fingerprint density at radius 1 is 1.35 bits per heavy atom. The predicted molar refractivity (Wildman–Crippen MR) is 101 cm³/mol. The Kier molecular flexibility index (Phi) is 4.84. The fraction of sp³-hybridized carbons (Fsp3) is 0.556. The monoisotopic (exact) mass is 357 g/mol. The van der Waals surface area contributed by atoms with Crippen LogP contribution in [0.2, 0.25) is 0 Å². The van der Waals surface area contributed by atoms with Gasteiger partial charge in [0.2, 0.25) is 5.91 Å². The summed E-state index contributed by atoms with van der Waals surface area (Å²) in [6.07, 6.45) is 1.93. The van der Waals surface area contributed by atoms with E-state index >= 15 is 0 Å². The topological polar surface area (TPSA) is 78.1 Å². The van der Waals surface area contributed by atoms with Crippen LogP contribution in [0.15, 0.2) is 29.4 Å². The van der Waals surface area contributed by atoms with E-state index in [1.54, 1.807) is 7.05 Å². The molecule has 3 rings (SSSR count). The number of aliphatic imine (C=N–C) groups is 1. The largest absolute Gasteiger partial charge is 0.349 e. The molecule has 3 heterocycles. The highest BCUT2D eigenvalue weighted by Gasteiger charge is 2.40. The molecule has 8 nitrogen and oxygen atoms in total. The molecule has 1 amide bonds. The molecular formula is C18H27N7O. The molecule has 1 fully saturated rings. The molecule has 0 bridgehead atoms. The van der Waals surface area contributed by atoms with Crippen molar-refractivity contribution in [1.82, 2.24) is 29.7 Å². The summed E-state index contributed by atoms with van der Waals surface area (Å²) in [6, 6.07) is 5.97. The Balaban J connectivity index is 1.73. The van der Waals surface area contributed by atoms with Crippen molar-refractivity contribution >= 4 is 17.5 Å². The van der Waals surface area contributed by atoms with Gasteiger partial charge in [-0.05, 0) is 39.8 Å². The van der Waals surface area contributed by atoms with Crippen LogP contribution >= 0.6 is 0 Å². The number of rotatable bonds is 3. The Morgan fingerprint density at radius 2 is 2.12 bits per heavy atom. The molecule has 0 aromatic carbocycles. The summed E-state index contributed by atoms with van der Waals surface area (Å²) < 4.78 is 1.94. The molecule has 0 spiro atoms. The lowest BCUT2D eigenvalue weighted by Gasteiger charge is -2.49. The van der Waals surface area contributed by atoms with E-state index in [2.05, 4.69) is 48.2 Å². The van der Waals surface area contributed by atoms with Gasteiger partial charge in [0, 0.05) is 25.8 Å². The minimum atomic E-state index is -0.261. The minimum Gasteiger partial charge on any atom is -0.349 e. The van der Waals surface area contributed by atoms with E-state index in [0.29, 0.717) is 19.0 Å². The Hall–Kier alpha value is -2.64. The third-order valence-electron chi connectivity index (χ3n) is 4.64. The van der Waals surface area contributed by atoms with Gasteiger partial charge in [0.05, 0.1) is 18.6 Å². The smallest absolute Gasteiger partial charge is 0.242 e. The molecule has 0 radical (unpaired) electrons. The molecule has 8 heteroatoms. The van der Waals surface area contributed by atoms with Crippen molar-refractivity contribution in [3.8, 4) is 0 Å². The van der Waals surface area contributed by atoms with Crippen LogP contribution in [0.4, 0.5) is 0 Å². The molecule has 26 heavy (non-hydrogen) atoms. The second-order valence-corrected chi connectivity index (χ2v) is 7.47. The van der Waals surface area contributed by atoms with Crippen LogP contribution in [0.25, 0.3) is 5.65 Å². The van der Waals surface area contributed by atoms with Crippen molar-refractivity contribution in [1.29, 1.82) is 0 Å². The highest BCUT2D eigenvalue weighted by atomic mass is 16.2. The van der Waals surface area contributed by atoms with Crippen molar-refractivity contribution in [3.05, 3.63) is 30.2 Å². The summed E-state index contributed by atoms with van der Waals surface area (Å²) in [5.41, 5.74) is 0.545. The quantitative estimate of drug-likeness (QED) is 0.658. The third kappa shape index (κ3) is 3.36. The molecular weight excluding hydrogens is 330 g/mol. The van der Waals surface area contributed by atoms with Gasteiger partial charge in [0.15, 0.2) is 17.4 Å². The number of nitrogens with one attached hydrogen (secondary N) is 1. The van der Waals surface area contributed by atoms with Crippen LogP contribution in [-0.2, 0) is 11.3 Å². The maximum atomic E-state index is 12.7. The Morgan fingerprint density at radius 3 is 2.77 bits per heavy atom. The van der Waals surface area contributed by atoms with Gasteiger partial charge in [0.1, 0.15) is 0 Å². The maximum absolute atomic E-state index is 12.7. The van der Waals surface area contributed by atoms with Gasteiger partial charge < -0.3 is 15.1 Å². The van der Waals surface area contributed by atoms with Gasteiger partial charge in [-0.25, -0.2) is 0 Å². The first-order valence-corrected chi connectivity index (χ1v) is 8.90. The lowest BCUT2D eigenvalue weighted by molar-refractivity contribution is -0.145. The number of hydrogen-bond donors (Lipinski definition) is 1. The highest BCUT2D eigenvalue weighted by Crippen LogP contribution is 2.24. The van der Waals surface area contributed by atoms with Crippen molar-refractivity contribution in [2.45, 2.75) is 45.8 Å². The van der Waals surface area contributed by atoms with E-state index < -0.39 is 0 Å². The fourth-order valence-corrected chi connectivity index (χ4v) is 3.81. The lowest BCUT2D eigenvalue weighted by Crippen LogP contribution is -2.66. The summed E-state index contributed by atoms with van der Waals surface area (Å²) in [7, 11) is 1.73. The zero-order valence-corrected chi connectivity index (χ0v) is 16.1. The first-order chi connectivity index (χ1) is 12.3. The first kappa shape index (κ1) is 18.2. The number of carbonyl (C=O) groups is 1. The fourth-order valence-electron chi connectivity index (χ4n) is 3.81. The van der Waals surface area contributed by atoms with Crippen LogP contribution < -0.4 is 5.32 Å². The minimum absolute atomic E-state index is 0.118. The lowest BCUT2D eigenvalue weighted by atomic mass is 9.96. The van der Waals surface area contributed by atoms with Crippen molar-refractivity contribution in [2.24, 2.45) is 4.99 Å². The predicted octanol–water partition coefficient (Wildman–Crippen LogP) is 1.14. The zero-order valence-electron chi connectivity index (χ0n) is 16.1. The zero-order chi connectivity index (χ0) is 18.9. The number of carbonyl (C=O) groups excluding carboxylic acids is 1. The molecule has 2 aromatic rings. The van der Waals surface area contributed by atoms with Crippen molar-refractivity contribution in [2.75, 3.05) is 20.1 Å². The summed E-state index contributed by atoms with van der Waals surface area (Å²) in [5, 5.41) is 11.7. The summed E-state index contributed by atoms with van der Waals surface area (Å²) in [6.45, 7) is 9.82. The number of guanidine groups is 1. The summed E-state index contributed by atoms with van der Waals surface area (Å²) in [4.78, 5) is 21.0. The molecule has 140 valence electrons. The van der Waals surface area contributed by atoms with E-state index in [4.69, 9.17) is 0 Å². The van der Waals surface area contributed by atoms with Crippen LogP contribution in [0.1, 0.15) is 33.5 Å². The number of pyridine rings is 1. The molecule has 1 aliphatic rings. The van der Waals surface area contributed by atoms with Gasteiger partial charge in [-0.3, -0.25) is 14.2 Å². The second kappa shape index (κ2) is 6.93. The van der Waals surface area contributed by atoms with Gasteiger partial charge in [-0.1, -0.05) is 6.07 Å². The average Bonchev–Trinajstić information content (AvgIpc) is 2.97. The number of amides is 1. The Labute approximate surface area is 153 Å². The third-order valence-corrected chi connectivity index (χ3v) is 4.64. The molecule has 0 atom stereocenters. The van der Waals surface area contributed by atoms with Crippen LogP contribution in [0.5, 0.6) is 0 Å². The molecule has 1 aliphatic heterocycles. The van der Waals surface area contributed by atoms with Crippen molar-refractivity contribution < 1.29 is 4.79 Å². The molecule has 0 unspecified atom stereocenters. The molecule has 1 N–H and O–H groups in total. The van der Waals surface area contributed by atoms with E-state index in [-0.39, 0.29) is 17.5 Å². The normalized spacial score (nSPS) is 18.1. The van der Waals surface area contributed by atoms with E-state index in [9.17, 15) is 4.79 Å². The van der Waals surface area contributed by atoms with Crippen LogP contribution in [0.3, 0.4) is 0 Å². The van der Waals surface area contributed by atoms with E-state index in [1.807, 2.05) is 38.6 Å². The van der Waals surface area contributed by atoms with Gasteiger partial charge in [-0.2, -0.15) is 0 Å². The van der Waals surface area contributed by atoms with Crippen LogP contribution in [0, 0.1) is 0 Å². The molecule has 0 aliphatic carbocycles. The SMILES string of the molecule is CN=C(NCc1nnc2ccccn12)N1CC(=O)N(C(C)C)C(C)(C)C1. The highest BCUT2D eigenvalue weighted by molar-refractivity contribution is 5.88. The number of aromatic nitrogens is 3. The molecule has 0 saturated carbocycles. The molecule has 2 aromatic heterocycles.